The van der Waals surface area contributed by atoms with E-state index >= 15 is 0 Å². The minimum Gasteiger partial charge on any atom is -0.360 e. The van der Waals surface area contributed by atoms with Crippen LogP contribution in [0.5, 0.6) is 0 Å². The van der Waals surface area contributed by atoms with Crippen LogP contribution in [0.4, 0.5) is 4.39 Å². The topological polar surface area (TPSA) is 33.1 Å². The molecule has 3 heteroatoms. The summed E-state index contributed by atoms with van der Waals surface area (Å²) in [5.74, 6) is 0. The Balaban J connectivity index is 2.62. The highest BCUT2D eigenvalue weighted by Gasteiger charge is 2.05. The molecule has 0 aliphatic heterocycles. The van der Waals surface area contributed by atoms with E-state index in [-0.39, 0.29) is 5.56 Å². The Morgan fingerprint density at radius 3 is 2.85 bits per heavy atom. The molecule has 1 N–H and O–H groups in total. The van der Waals surface area contributed by atoms with Gasteiger partial charge in [-0.3, -0.25) is 4.98 Å². The van der Waals surface area contributed by atoms with Crippen LogP contribution in [0.15, 0.2) is 36.5 Å². The van der Waals surface area contributed by atoms with Crippen LogP contribution in [0.3, 0.4) is 0 Å². The van der Waals surface area contributed by atoms with E-state index < -0.39 is 6.36 Å². The van der Waals surface area contributed by atoms with Gasteiger partial charge in [0.1, 0.15) is 0 Å². The second-order valence-electron chi connectivity index (χ2n) is 2.80. The van der Waals surface area contributed by atoms with E-state index in [0.29, 0.717) is 0 Å². The summed E-state index contributed by atoms with van der Waals surface area (Å²) in [6, 6.07) is 8.96. The van der Waals surface area contributed by atoms with Crippen LogP contribution in [0, 0.1) is 0 Å². The van der Waals surface area contributed by atoms with Crippen molar-refractivity contribution in [1.29, 1.82) is 0 Å². The number of nitrogens with zero attached hydrogens (tertiary/aromatic N) is 1. The Bertz CT molecular complexity index is 428. The van der Waals surface area contributed by atoms with Crippen molar-refractivity contribution in [3.05, 3.63) is 42.1 Å². The number of hydrogen-bond donors (Lipinski definition) is 1. The van der Waals surface area contributed by atoms with Crippen LogP contribution >= 0.6 is 0 Å². The van der Waals surface area contributed by atoms with Crippen molar-refractivity contribution in [2.45, 2.75) is 6.36 Å². The quantitative estimate of drug-likeness (QED) is 0.724. The minimum atomic E-state index is -1.95. The van der Waals surface area contributed by atoms with E-state index in [0.717, 1.165) is 10.9 Å². The number of para-hydroxylation sites is 1. The van der Waals surface area contributed by atoms with Gasteiger partial charge >= 0.3 is 0 Å². The number of aliphatic hydroxyl groups excluding tert-OH is 1. The number of benzene rings is 1. The number of alkyl halides is 1. The van der Waals surface area contributed by atoms with Gasteiger partial charge in [-0.2, -0.15) is 0 Å². The maximum Gasteiger partial charge on any atom is 0.224 e. The number of aromatic nitrogens is 1. The van der Waals surface area contributed by atoms with Crippen LogP contribution in [0.25, 0.3) is 10.9 Å². The second-order valence-corrected chi connectivity index (χ2v) is 2.80. The van der Waals surface area contributed by atoms with Crippen molar-refractivity contribution in [2.24, 2.45) is 0 Å². The smallest absolute Gasteiger partial charge is 0.224 e. The zero-order valence-corrected chi connectivity index (χ0v) is 6.81. The third-order valence-corrected chi connectivity index (χ3v) is 1.89. The van der Waals surface area contributed by atoms with Crippen molar-refractivity contribution in [3.63, 3.8) is 0 Å². The lowest BCUT2D eigenvalue weighted by Crippen LogP contribution is -1.90. The summed E-state index contributed by atoms with van der Waals surface area (Å²) in [4.78, 5) is 4.00. The fourth-order valence-corrected chi connectivity index (χ4v) is 1.22. The first-order valence-electron chi connectivity index (χ1n) is 3.94. The molecule has 0 radical (unpaired) electrons. The summed E-state index contributed by atoms with van der Waals surface area (Å²) >= 11 is 0. The Labute approximate surface area is 74.7 Å². The van der Waals surface area contributed by atoms with Gasteiger partial charge in [-0.15, -0.1) is 0 Å². The Morgan fingerprint density at radius 2 is 2.08 bits per heavy atom. The van der Waals surface area contributed by atoms with Crippen LogP contribution in [0.1, 0.15) is 11.9 Å². The molecule has 1 atom stereocenters. The van der Waals surface area contributed by atoms with Crippen molar-refractivity contribution in [3.8, 4) is 0 Å². The highest BCUT2D eigenvalue weighted by molar-refractivity contribution is 5.78. The molecule has 2 aromatic rings. The number of aliphatic hydroxyl groups is 1. The monoisotopic (exact) mass is 177 g/mol. The molecule has 0 saturated carbocycles. The molecular formula is C10H8FNO. The third-order valence-electron chi connectivity index (χ3n) is 1.89. The lowest BCUT2D eigenvalue weighted by atomic mass is 10.1. The summed E-state index contributed by atoms with van der Waals surface area (Å²) < 4.78 is 12.5. The Morgan fingerprint density at radius 1 is 1.31 bits per heavy atom. The standard InChI is InChI=1S/C10H8FNO/c11-10(13)8-5-7-3-1-2-4-9(7)12-6-8/h1-6,10,13H. The van der Waals surface area contributed by atoms with Gasteiger partial charge in [0.25, 0.3) is 0 Å². The van der Waals surface area contributed by atoms with Crippen molar-refractivity contribution < 1.29 is 9.50 Å². The molecule has 0 aliphatic carbocycles. The normalized spacial score (nSPS) is 13.1. The molecule has 1 aromatic carbocycles. The molecule has 66 valence electrons. The van der Waals surface area contributed by atoms with Gasteiger partial charge in [0.05, 0.1) is 5.52 Å². The summed E-state index contributed by atoms with van der Waals surface area (Å²) in [5.41, 5.74) is 0.991. The highest BCUT2D eigenvalue weighted by atomic mass is 19.1. The molecule has 0 aliphatic rings. The number of halogens is 1. The van der Waals surface area contributed by atoms with Gasteiger partial charge < -0.3 is 5.11 Å². The number of rotatable bonds is 1. The molecule has 2 rings (SSSR count). The van der Waals surface area contributed by atoms with E-state index in [1.165, 1.54) is 6.20 Å². The van der Waals surface area contributed by atoms with Crippen molar-refractivity contribution in [2.75, 3.05) is 0 Å². The van der Waals surface area contributed by atoms with Gasteiger partial charge in [-0.05, 0) is 12.1 Å². The summed E-state index contributed by atoms with van der Waals surface area (Å²) in [6.07, 6.45) is -0.607. The molecule has 0 saturated heterocycles. The van der Waals surface area contributed by atoms with Crippen LogP contribution < -0.4 is 0 Å². The molecule has 1 heterocycles. The summed E-state index contributed by atoms with van der Waals surface area (Å²) in [7, 11) is 0. The number of hydrogen-bond acceptors (Lipinski definition) is 2. The third kappa shape index (κ3) is 1.51. The van der Waals surface area contributed by atoms with Crippen molar-refractivity contribution in [1.82, 2.24) is 4.98 Å². The average Bonchev–Trinajstić information content (AvgIpc) is 2.17. The first kappa shape index (κ1) is 8.13. The van der Waals surface area contributed by atoms with E-state index in [4.69, 9.17) is 5.11 Å². The van der Waals surface area contributed by atoms with Crippen molar-refractivity contribution >= 4 is 10.9 Å². The zero-order chi connectivity index (χ0) is 9.26. The first-order chi connectivity index (χ1) is 6.27. The van der Waals surface area contributed by atoms with E-state index in [2.05, 4.69) is 4.98 Å². The average molecular weight is 177 g/mol. The van der Waals surface area contributed by atoms with E-state index in [9.17, 15) is 4.39 Å². The second kappa shape index (κ2) is 3.11. The van der Waals surface area contributed by atoms with Gasteiger partial charge in [0.2, 0.25) is 6.36 Å². The number of pyridine rings is 1. The molecular weight excluding hydrogens is 169 g/mol. The molecule has 0 spiro atoms. The van der Waals surface area contributed by atoms with E-state index in [1.807, 2.05) is 24.3 Å². The molecule has 0 fully saturated rings. The molecule has 2 nitrogen and oxygen atoms in total. The fraction of sp³-hybridized carbons (Fsp3) is 0.100. The predicted octanol–water partition coefficient (Wildman–Crippen LogP) is 2.20. The fourth-order valence-electron chi connectivity index (χ4n) is 1.22. The lowest BCUT2D eigenvalue weighted by Gasteiger charge is -2.02. The Hall–Kier alpha value is -1.48. The SMILES string of the molecule is OC(F)c1cnc2ccccc2c1. The molecule has 1 aromatic heterocycles. The minimum absolute atomic E-state index is 0.193. The summed E-state index contributed by atoms with van der Waals surface area (Å²) in [5, 5.41) is 9.51. The molecule has 0 amide bonds. The van der Waals surface area contributed by atoms with E-state index in [1.54, 1.807) is 6.07 Å². The molecule has 0 bridgehead atoms. The van der Waals surface area contributed by atoms with Crippen LogP contribution in [0.2, 0.25) is 0 Å². The molecule has 13 heavy (non-hydrogen) atoms. The predicted molar refractivity (Wildman–Crippen MR) is 47.8 cm³/mol. The Kier molecular flexibility index (Phi) is 1.94. The number of fused-ring (bicyclic) bond motifs is 1. The van der Waals surface area contributed by atoms with Crippen LogP contribution in [-0.2, 0) is 0 Å². The maximum absolute atomic E-state index is 12.5. The van der Waals surface area contributed by atoms with Gasteiger partial charge in [-0.25, -0.2) is 4.39 Å². The highest BCUT2D eigenvalue weighted by Crippen LogP contribution is 2.18. The summed E-state index contributed by atoms with van der Waals surface area (Å²) in [6.45, 7) is 0. The van der Waals surface area contributed by atoms with Gasteiger partial charge in [0.15, 0.2) is 0 Å². The maximum atomic E-state index is 12.5. The largest absolute Gasteiger partial charge is 0.360 e. The van der Waals surface area contributed by atoms with Crippen LogP contribution in [-0.4, -0.2) is 10.1 Å². The molecule has 1 unspecified atom stereocenters. The van der Waals surface area contributed by atoms with Gasteiger partial charge in [0, 0.05) is 17.1 Å². The lowest BCUT2D eigenvalue weighted by molar-refractivity contribution is 0.0409. The zero-order valence-electron chi connectivity index (χ0n) is 6.81. The first-order valence-corrected chi connectivity index (χ1v) is 3.94. The van der Waals surface area contributed by atoms with Gasteiger partial charge in [-0.1, -0.05) is 18.2 Å².